The number of hydrogen-bond acceptors (Lipinski definition) is 4. The molecule has 0 aromatic rings. The van der Waals surface area contributed by atoms with Crippen LogP contribution in [0.25, 0.3) is 0 Å². The molecule has 144 valence electrons. The van der Waals surface area contributed by atoms with E-state index in [1.165, 1.54) is 16.7 Å². The van der Waals surface area contributed by atoms with Crippen LogP contribution in [0.2, 0.25) is 0 Å². The van der Waals surface area contributed by atoms with Gasteiger partial charge in [0.05, 0.1) is 18.1 Å². The molecule has 4 rings (SSSR count). The summed E-state index contributed by atoms with van der Waals surface area (Å²) in [4.78, 5) is 20.7. The van der Waals surface area contributed by atoms with Crippen LogP contribution in [-0.2, 0) is 9.59 Å². The fourth-order valence-electron chi connectivity index (χ4n) is 5.53. The van der Waals surface area contributed by atoms with E-state index in [0.717, 1.165) is 32.6 Å². The lowest BCUT2D eigenvalue weighted by atomic mass is 9.58. The van der Waals surface area contributed by atoms with E-state index in [1.54, 1.807) is 0 Å². The second-order valence-corrected chi connectivity index (χ2v) is 8.36. The molecule has 0 saturated heterocycles. The van der Waals surface area contributed by atoms with E-state index in [9.17, 15) is 9.90 Å². The Labute approximate surface area is 160 Å². The van der Waals surface area contributed by atoms with Crippen molar-refractivity contribution in [2.75, 3.05) is 0 Å². The molecule has 4 aliphatic carbocycles. The Morgan fingerprint density at radius 1 is 1.33 bits per heavy atom. The lowest BCUT2D eigenvalue weighted by molar-refractivity contribution is -0.134. The summed E-state index contributed by atoms with van der Waals surface area (Å²) in [5, 5.41) is 27.6. The maximum atomic E-state index is 11.7. The van der Waals surface area contributed by atoms with E-state index in [4.69, 9.17) is 15.2 Å². The first-order valence-corrected chi connectivity index (χ1v) is 9.67. The summed E-state index contributed by atoms with van der Waals surface area (Å²) in [5.74, 6) is 0.308. The summed E-state index contributed by atoms with van der Waals surface area (Å²) >= 11 is 0. The predicted molar refractivity (Wildman–Crippen MR) is 101 cm³/mol. The number of allylic oxidation sites excluding steroid dienone is 5. The molecule has 0 radical (unpaired) electrons. The second kappa shape index (κ2) is 7.09. The Balaban J connectivity index is 0.000000481. The molecule has 27 heavy (non-hydrogen) atoms. The number of ketones is 1. The lowest BCUT2D eigenvalue weighted by Gasteiger charge is -2.48. The van der Waals surface area contributed by atoms with Crippen LogP contribution in [0.15, 0.2) is 34.9 Å². The van der Waals surface area contributed by atoms with Gasteiger partial charge in [-0.15, -0.1) is 0 Å². The summed E-state index contributed by atoms with van der Waals surface area (Å²) in [7, 11) is 0. The molecule has 4 aliphatic rings. The van der Waals surface area contributed by atoms with Crippen LogP contribution in [0, 0.1) is 28.6 Å². The molecule has 1 fully saturated rings. The Kier molecular flexibility index (Phi) is 5.14. The van der Waals surface area contributed by atoms with Gasteiger partial charge in [-0.2, -0.15) is 5.26 Å². The van der Waals surface area contributed by atoms with E-state index in [0.29, 0.717) is 24.7 Å². The van der Waals surface area contributed by atoms with Crippen molar-refractivity contribution in [3.8, 4) is 6.07 Å². The fraction of sp³-hybridized carbons (Fsp3) is 0.591. The number of aliphatic carboxylic acids is 1. The van der Waals surface area contributed by atoms with Crippen molar-refractivity contribution in [3.05, 3.63) is 34.9 Å². The van der Waals surface area contributed by atoms with Crippen molar-refractivity contribution >= 4 is 11.8 Å². The topological polar surface area (TPSA) is 98.4 Å². The third-order valence-corrected chi connectivity index (χ3v) is 6.93. The minimum Gasteiger partial charge on any atom is -0.481 e. The molecule has 1 saturated carbocycles. The van der Waals surface area contributed by atoms with E-state index in [1.807, 2.05) is 6.08 Å². The molecular weight excluding hydrogens is 342 g/mol. The highest BCUT2D eigenvalue weighted by atomic mass is 16.4. The number of aliphatic hydroxyl groups is 1. The Morgan fingerprint density at radius 2 is 2.04 bits per heavy atom. The first-order chi connectivity index (χ1) is 12.7. The van der Waals surface area contributed by atoms with Crippen LogP contribution < -0.4 is 0 Å². The number of nitriles is 1. The molecule has 0 aromatic heterocycles. The number of carbonyl (C=O) groups is 2. The van der Waals surface area contributed by atoms with Crippen molar-refractivity contribution in [2.45, 2.75) is 64.4 Å². The van der Waals surface area contributed by atoms with Crippen molar-refractivity contribution in [1.82, 2.24) is 0 Å². The molecule has 0 unspecified atom stereocenters. The molecule has 2 N–H and O–H groups in total. The maximum absolute atomic E-state index is 11.7. The number of rotatable bonds is 1. The van der Waals surface area contributed by atoms with Gasteiger partial charge in [0.2, 0.25) is 0 Å². The van der Waals surface area contributed by atoms with E-state index in [-0.39, 0.29) is 17.6 Å². The molecule has 0 aromatic carbocycles. The Hall–Kier alpha value is -2.19. The molecule has 0 bridgehead atoms. The highest BCUT2D eigenvalue weighted by molar-refractivity contribution is 5.93. The average Bonchev–Trinajstić information content (AvgIpc) is 2.85. The van der Waals surface area contributed by atoms with Crippen LogP contribution in [0.3, 0.4) is 0 Å². The zero-order chi connectivity index (χ0) is 19.8. The SMILES string of the molecule is CC(=O)O.C[C@]12C=CC3=C4CCC(=O)C=C4CC[C@H]3[C@@H]1CC[C@@]2(O)CC#N. The largest absolute Gasteiger partial charge is 0.481 e. The molecule has 5 nitrogen and oxygen atoms in total. The summed E-state index contributed by atoms with van der Waals surface area (Å²) in [6.07, 6.45) is 11.7. The third-order valence-electron chi connectivity index (χ3n) is 6.93. The monoisotopic (exact) mass is 369 g/mol. The molecule has 0 spiro atoms. The van der Waals surface area contributed by atoms with Crippen molar-refractivity contribution in [1.29, 1.82) is 5.26 Å². The molecule has 4 atom stereocenters. The van der Waals surface area contributed by atoms with Gasteiger partial charge in [0, 0.05) is 18.8 Å². The minimum atomic E-state index is -0.891. The van der Waals surface area contributed by atoms with Gasteiger partial charge in [-0.05, 0) is 66.7 Å². The van der Waals surface area contributed by atoms with Gasteiger partial charge < -0.3 is 10.2 Å². The zero-order valence-electron chi connectivity index (χ0n) is 16.0. The van der Waals surface area contributed by atoms with Crippen LogP contribution in [-0.4, -0.2) is 27.6 Å². The molecule has 0 amide bonds. The van der Waals surface area contributed by atoms with Crippen LogP contribution >= 0.6 is 0 Å². The van der Waals surface area contributed by atoms with E-state index >= 15 is 0 Å². The van der Waals surface area contributed by atoms with Gasteiger partial charge in [-0.25, -0.2) is 0 Å². The normalized spacial score (nSPS) is 36.5. The smallest absolute Gasteiger partial charge is 0.300 e. The van der Waals surface area contributed by atoms with Gasteiger partial charge >= 0.3 is 0 Å². The Bertz CT molecular complexity index is 796. The van der Waals surface area contributed by atoms with E-state index < -0.39 is 11.6 Å². The lowest BCUT2D eigenvalue weighted by Crippen LogP contribution is -2.47. The van der Waals surface area contributed by atoms with Crippen molar-refractivity contribution in [2.24, 2.45) is 17.3 Å². The van der Waals surface area contributed by atoms with Crippen LogP contribution in [0.4, 0.5) is 0 Å². The molecule has 0 aliphatic heterocycles. The molecule has 0 heterocycles. The molecule has 5 heteroatoms. The summed E-state index contributed by atoms with van der Waals surface area (Å²) in [6, 6.07) is 2.19. The average molecular weight is 369 g/mol. The minimum absolute atomic E-state index is 0.211. The number of nitrogens with zero attached hydrogens (tertiary/aromatic N) is 1. The first kappa shape index (κ1) is 19.6. The first-order valence-electron chi connectivity index (χ1n) is 9.67. The van der Waals surface area contributed by atoms with Gasteiger partial charge in [-0.1, -0.05) is 19.1 Å². The second-order valence-electron chi connectivity index (χ2n) is 8.36. The summed E-state index contributed by atoms with van der Waals surface area (Å²) < 4.78 is 0. The number of carbonyl (C=O) groups excluding carboxylic acids is 1. The van der Waals surface area contributed by atoms with Crippen molar-refractivity contribution < 1.29 is 19.8 Å². The maximum Gasteiger partial charge on any atom is 0.300 e. The fourth-order valence-corrected chi connectivity index (χ4v) is 5.53. The summed E-state index contributed by atoms with van der Waals surface area (Å²) in [5.41, 5.74) is 2.83. The van der Waals surface area contributed by atoms with Crippen LogP contribution in [0.1, 0.15) is 58.8 Å². The highest BCUT2D eigenvalue weighted by Gasteiger charge is 2.59. The highest BCUT2D eigenvalue weighted by Crippen LogP contribution is 2.61. The standard InChI is InChI=1S/C20H23NO2.C2H4O2/c1-19-8-6-16-15-5-3-14(22)12-13(15)2-4-17(16)18(19)7-9-20(19,23)10-11-21;1-2(3)4/h6,8,12,17-18,23H,2-5,7,9-10H2,1H3;1H3,(H,3,4)/t17-,18+,19+,20-;/m1./s1. The number of hydrogen-bond donors (Lipinski definition) is 2. The quantitative estimate of drug-likeness (QED) is 0.734. The van der Waals surface area contributed by atoms with Gasteiger partial charge in [0.1, 0.15) is 0 Å². The molecular formula is C22H27NO4. The van der Waals surface area contributed by atoms with Crippen LogP contribution in [0.5, 0.6) is 0 Å². The number of fused-ring (bicyclic) bond motifs is 4. The van der Waals surface area contributed by atoms with Gasteiger partial charge in [0.15, 0.2) is 5.78 Å². The van der Waals surface area contributed by atoms with Gasteiger partial charge in [-0.3, -0.25) is 9.59 Å². The number of carboxylic acid groups (broad SMARTS) is 1. The van der Waals surface area contributed by atoms with Crippen molar-refractivity contribution in [3.63, 3.8) is 0 Å². The zero-order valence-corrected chi connectivity index (χ0v) is 16.0. The Morgan fingerprint density at radius 3 is 2.70 bits per heavy atom. The summed E-state index contributed by atoms with van der Waals surface area (Å²) in [6.45, 7) is 3.22. The number of carboxylic acids is 1. The van der Waals surface area contributed by atoms with E-state index in [2.05, 4.69) is 25.1 Å². The van der Waals surface area contributed by atoms with Gasteiger partial charge in [0.25, 0.3) is 5.97 Å². The third kappa shape index (κ3) is 3.27. The predicted octanol–water partition coefficient (Wildman–Crippen LogP) is 3.70.